The third kappa shape index (κ3) is 10.0. The maximum Gasteiger partial charge on any atom is 0.417 e. The summed E-state index contributed by atoms with van der Waals surface area (Å²) in [6.45, 7) is 0.925. The van der Waals surface area contributed by atoms with Crippen LogP contribution in [0.1, 0.15) is 39.9 Å². The van der Waals surface area contributed by atoms with E-state index in [-0.39, 0.29) is 26.7 Å². The first kappa shape index (κ1) is 35.2. The fraction of sp³-hybridized carbons (Fsp3) is 0.348. The maximum atomic E-state index is 15.0. The van der Waals surface area contributed by atoms with Crippen molar-refractivity contribution in [2.24, 2.45) is 0 Å². The minimum absolute atomic E-state index is 0.00514. The third-order valence-corrected chi connectivity index (χ3v) is 8.57. The number of rotatable bonds is 8. The summed E-state index contributed by atoms with van der Waals surface area (Å²) in [7, 11) is -4.81. The second-order valence-corrected chi connectivity index (χ2v) is 12.4. The lowest BCUT2D eigenvalue weighted by Crippen LogP contribution is -2.40. The molecule has 2 atom stereocenters. The number of amides is 1. The lowest BCUT2D eigenvalue weighted by molar-refractivity contribution is -0.140. The van der Waals surface area contributed by atoms with Gasteiger partial charge in [0.1, 0.15) is 17.5 Å². The Kier molecular flexibility index (Phi) is 10.9. The Bertz CT molecular complexity index is 1420. The Hall–Kier alpha value is -2.04. The van der Waals surface area contributed by atoms with Crippen LogP contribution in [0.15, 0.2) is 40.9 Å². The molecule has 0 heterocycles. The van der Waals surface area contributed by atoms with E-state index >= 15 is 0 Å². The van der Waals surface area contributed by atoms with Crippen LogP contribution in [0.5, 0.6) is 0 Å². The molecule has 2 rings (SSSR count). The van der Waals surface area contributed by atoms with Crippen LogP contribution in [0.4, 0.5) is 43.9 Å². The van der Waals surface area contributed by atoms with Crippen molar-refractivity contribution in [3.8, 4) is 0 Å². The number of halogens is 13. The minimum atomic E-state index is -5.35. The topological polar surface area (TPSA) is 63.2 Å². The van der Waals surface area contributed by atoms with Gasteiger partial charge in [-0.1, -0.05) is 29.3 Å². The molecule has 0 radical (unpaired) electrons. The predicted molar refractivity (Wildman–Crippen MR) is 135 cm³/mol. The summed E-state index contributed by atoms with van der Waals surface area (Å²) < 4.78 is 158. The molecule has 0 saturated heterocycles. The number of carbonyl (C=O) groups excluding carboxylic acids is 1. The fourth-order valence-corrected chi connectivity index (χ4v) is 5.93. The molecule has 0 fully saturated rings. The van der Waals surface area contributed by atoms with Crippen LogP contribution in [-0.2, 0) is 16.0 Å². The van der Waals surface area contributed by atoms with Crippen LogP contribution in [-0.4, -0.2) is 44.2 Å². The molecule has 2 aromatic rings. The molecule has 0 aliphatic heterocycles. The first-order valence-electron chi connectivity index (χ1n) is 10.8. The van der Waals surface area contributed by atoms with Crippen molar-refractivity contribution in [3.63, 3.8) is 0 Å². The number of hydrogen-bond acceptors (Lipinski definition) is 3. The van der Waals surface area contributed by atoms with Crippen LogP contribution >= 0.6 is 39.1 Å². The van der Waals surface area contributed by atoms with Crippen LogP contribution in [0.3, 0.4) is 0 Å². The molecule has 0 aliphatic rings. The zero-order chi connectivity index (χ0) is 31.7. The van der Waals surface area contributed by atoms with Gasteiger partial charge in [0.15, 0.2) is 9.84 Å². The highest BCUT2D eigenvalue weighted by molar-refractivity contribution is 9.10. The molecule has 18 heteroatoms. The van der Waals surface area contributed by atoms with Gasteiger partial charge >= 0.3 is 18.5 Å². The Morgan fingerprint density at radius 3 is 2.10 bits per heavy atom. The van der Waals surface area contributed by atoms with E-state index in [4.69, 9.17) is 23.2 Å². The van der Waals surface area contributed by atoms with Crippen LogP contribution in [0.25, 0.3) is 5.83 Å². The SMILES string of the molecule is C[C@H](CS(=O)(=O)CC(F)(F)F)NC(=O)c1ccc(/C(F)=C/C(c2cc(Cl)c(Cl)c(Br)c2)C(F)(F)F)cc1C(F)(F)F. The van der Waals surface area contributed by atoms with Crippen molar-refractivity contribution in [3.05, 3.63) is 73.2 Å². The van der Waals surface area contributed by atoms with E-state index in [9.17, 15) is 57.1 Å². The van der Waals surface area contributed by atoms with Gasteiger partial charge in [0.25, 0.3) is 5.91 Å². The predicted octanol–water partition coefficient (Wildman–Crippen LogP) is 8.53. The van der Waals surface area contributed by atoms with Crippen molar-refractivity contribution in [2.45, 2.75) is 37.4 Å². The largest absolute Gasteiger partial charge is 0.417 e. The summed E-state index contributed by atoms with van der Waals surface area (Å²) in [6, 6.07) is 1.16. The van der Waals surface area contributed by atoms with Crippen molar-refractivity contribution in [1.82, 2.24) is 5.32 Å². The van der Waals surface area contributed by atoms with Gasteiger partial charge in [0.05, 0.1) is 26.9 Å². The second kappa shape index (κ2) is 12.7. The van der Waals surface area contributed by atoms with Gasteiger partial charge in [-0.05, 0) is 58.8 Å². The molecule has 0 saturated carbocycles. The average Bonchev–Trinajstić information content (AvgIpc) is 2.76. The molecule has 0 spiro atoms. The van der Waals surface area contributed by atoms with Gasteiger partial charge in [-0.2, -0.15) is 39.5 Å². The number of alkyl halides is 9. The van der Waals surface area contributed by atoms with Gasteiger partial charge in [-0.15, -0.1) is 0 Å². The summed E-state index contributed by atoms with van der Waals surface area (Å²) in [6.07, 6.45) is -15.6. The van der Waals surface area contributed by atoms with Gasteiger partial charge in [0.2, 0.25) is 0 Å². The van der Waals surface area contributed by atoms with Crippen LogP contribution in [0.2, 0.25) is 10.0 Å². The van der Waals surface area contributed by atoms with Crippen molar-refractivity contribution >= 4 is 60.7 Å². The van der Waals surface area contributed by atoms with Crippen LogP contribution in [0, 0.1) is 0 Å². The summed E-state index contributed by atoms with van der Waals surface area (Å²) in [5.74, 6) is -9.51. The molecule has 41 heavy (non-hydrogen) atoms. The smallest absolute Gasteiger partial charge is 0.349 e. The monoisotopic (exact) mass is 725 g/mol. The molecule has 0 bridgehead atoms. The number of nitrogens with one attached hydrogen (secondary N) is 1. The highest BCUT2D eigenvalue weighted by Gasteiger charge is 2.41. The van der Waals surface area contributed by atoms with E-state index in [2.05, 4.69) is 15.9 Å². The number of allylic oxidation sites excluding steroid dienone is 1. The summed E-state index contributed by atoms with van der Waals surface area (Å²) in [5, 5.41) is 1.35. The molecule has 4 nitrogen and oxygen atoms in total. The lowest BCUT2D eigenvalue weighted by atomic mass is 9.95. The molecule has 0 aromatic heterocycles. The Balaban J connectivity index is 2.46. The van der Waals surface area contributed by atoms with E-state index in [0.717, 1.165) is 19.1 Å². The molecular weight excluding hydrogens is 711 g/mol. The molecule has 1 N–H and O–H groups in total. The van der Waals surface area contributed by atoms with Gasteiger partial charge in [-0.3, -0.25) is 4.79 Å². The summed E-state index contributed by atoms with van der Waals surface area (Å²) >= 11 is 14.5. The molecule has 2 aromatic carbocycles. The molecule has 1 amide bonds. The lowest BCUT2D eigenvalue weighted by Gasteiger charge is -2.20. The highest BCUT2D eigenvalue weighted by atomic mass is 79.9. The Labute approximate surface area is 244 Å². The van der Waals surface area contributed by atoms with E-state index in [0.29, 0.717) is 12.1 Å². The highest BCUT2D eigenvalue weighted by Crippen LogP contribution is 2.43. The van der Waals surface area contributed by atoms with Gasteiger partial charge in [0, 0.05) is 16.1 Å². The Morgan fingerprint density at radius 1 is 1.02 bits per heavy atom. The first-order valence-corrected chi connectivity index (χ1v) is 14.2. The number of hydrogen-bond donors (Lipinski definition) is 1. The van der Waals surface area contributed by atoms with Crippen LogP contribution < -0.4 is 5.32 Å². The van der Waals surface area contributed by atoms with E-state index in [1.54, 1.807) is 0 Å². The zero-order valence-corrected chi connectivity index (χ0v) is 24.0. The second-order valence-electron chi connectivity index (χ2n) is 8.63. The summed E-state index contributed by atoms with van der Waals surface area (Å²) in [5.41, 5.74) is -4.59. The zero-order valence-electron chi connectivity index (χ0n) is 20.1. The molecule has 1 unspecified atom stereocenters. The maximum absolute atomic E-state index is 15.0. The van der Waals surface area contributed by atoms with E-state index in [1.165, 1.54) is 0 Å². The fourth-order valence-electron chi connectivity index (χ4n) is 3.53. The minimum Gasteiger partial charge on any atom is -0.349 e. The van der Waals surface area contributed by atoms with Crippen molar-refractivity contribution in [2.75, 3.05) is 11.5 Å². The van der Waals surface area contributed by atoms with Crippen molar-refractivity contribution in [1.29, 1.82) is 0 Å². The number of sulfone groups is 1. The standard InChI is InChI=1S/C23H16BrCl2F10NO3S/c1-10(8-41(39,40)9-21(28,29)30)37-20(38)13-3-2-11(4-15(13)23(34,35)36)18(27)7-14(22(31,32)33)12-5-16(24)19(26)17(25)6-12/h2-7,10,14H,8-9H2,1H3,(H,37,38)/b18-7-/t10-,14?/m1/s1. The van der Waals surface area contributed by atoms with E-state index in [1.807, 2.05) is 5.32 Å². The number of carbonyl (C=O) groups is 1. The van der Waals surface area contributed by atoms with E-state index < -0.39 is 85.8 Å². The molecule has 0 aliphatic carbocycles. The summed E-state index contributed by atoms with van der Waals surface area (Å²) in [4.78, 5) is 12.4. The Morgan fingerprint density at radius 2 is 1.61 bits per heavy atom. The molecular formula is C23H16BrCl2F10NO3S. The van der Waals surface area contributed by atoms with Gasteiger partial charge < -0.3 is 5.32 Å². The first-order chi connectivity index (χ1) is 18.4. The number of benzene rings is 2. The third-order valence-electron chi connectivity index (χ3n) is 5.14. The molecule has 228 valence electrons. The van der Waals surface area contributed by atoms with Crippen molar-refractivity contribution < 1.29 is 57.1 Å². The average molecular weight is 727 g/mol. The quantitative estimate of drug-likeness (QED) is 0.219. The van der Waals surface area contributed by atoms with Gasteiger partial charge in [-0.25, -0.2) is 12.8 Å². The normalized spacial score (nSPS) is 15.0.